The first-order chi connectivity index (χ1) is 15.0. The standard InChI is InChI=1S/C24H27Cl2N3O3.H2O/c1-13-15-6-5-7-18(24(2,3)32)16(15)10-14(12-30)29(13)21(31)11-17-19(25)8-9-20-22(17)23(26)27-28(20)4;/h5-9,13-14,30,32H,10-12H2,1-4H3;1H2/t13-,14+;/m0./s1. The number of benzene rings is 2. The molecular weight excluding hydrogens is 465 g/mol. The van der Waals surface area contributed by atoms with E-state index in [1.807, 2.05) is 31.2 Å². The lowest BCUT2D eigenvalue weighted by molar-refractivity contribution is -0.137. The Bertz CT molecular complexity index is 1200. The summed E-state index contributed by atoms with van der Waals surface area (Å²) in [6.45, 7) is 5.27. The van der Waals surface area contributed by atoms with Crippen molar-refractivity contribution in [3.8, 4) is 0 Å². The second kappa shape index (κ2) is 9.24. The fourth-order valence-corrected chi connectivity index (χ4v) is 5.48. The number of hydrogen-bond donors (Lipinski definition) is 2. The number of hydrogen-bond acceptors (Lipinski definition) is 4. The molecule has 1 aromatic heterocycles. The van der Waals surface area contributed by atoms with Gasteiger partial charge in [-0.2, -0.15) is 5.10 Å². The van der Waals surface area contributed by atoms with Crippen LogP contribution in [0, 0.1) is 0 Å². The minimum atomic E-state index is -1.02. The number of aliphatic hydroxyl groups is 2. The molecule has 7 nitrogen and oxygen atoms in total. The van der Waals surface area contributed by atoms with Crippen molar-refractivity contribution in [1.29, 1.82) is 0 Å². The normalized spacial score (nSPS) is 18.2. The quantitative estimate of drug-likeness (QED) is 0.580. The highest BCUT2D eigenvalue weighted by Crippen LogP contribution is 2.39. The zero-order valence-corrected chi connectivity index (χ0v) is 20.6. The van der Waals surface area contributed by atoms with Crippen LogP contribution in [0.25, 0.3) is 10.9 Å². The first kappa shape index (κ1) is 25.5. The largest absolute Gasteiger partial charge is 0.412 e. The molecule has 0 bridgehead atoms. The van der Waals surface area contributed by atoms with E-state index in [1.54, 1.807) is 36.5 Å². The Kier molecular flexibility index (Phi) is 7.13. The summed E-state index contributed by atoms with van der Waals surface area (Å²) >= 11 is 12.8. The van der Waals surface area contributed by atoms with Gasteiger partial charge < -0.3 is 20.6 Å². The lowest BCUT2D eigenvalue weighted by Crippen LogP contribution is -2.49. The Morgan fingerprint density at radius 2 is 1.94 bits per heavy atom. The minimum Gasteiger partial charge on any atom is -0.412 e. The van der Waals surface area contributed by atoms with Crippen molar-refractivity contribution in [1.82, 2.24) is 14.7 Å². The van der Waals surface area contributed by atoms with Crippen molar-refractivity contribution < 1.29 is 20.5 Å². The van der Waals surface area contributed by atoms with Crippen LogP contribution in [-0.2, 0) is 30.3 Å². The van der Waals surface area contributed by atoms with Gasteiger partial charge in [0.05, 0.1) is 36.2 Å². The molecule has 0 radical (unpaired) electrons. The molecule has 2 atom stereocenters. The van der Waals surface area contributed by atoms with Crippen LogP contribution in [0.15, 0.2) is 30.3 Å². The smallest absolute Gasteiger partial charge is 0.227 e. The molecular formula is C24H29Cl2N3O4. The minimum absolute atomic E-state index is 0. The number of aromatic nitrogens is 2. The summed E-state index contributed by atoms with van der Waals surface area (Å²) < 4.78 is 1.66. The van der Waals surface area contributed by atoms with Crippen LogP contribution in [0.5, 0.6) is 0 Å². The lowest BCUT2D eigenvalue weighted by Gasteiger charge is -2.43. The van der Waals surface area contributed by atoms with Gasteiger partial charge in [0.25, 0.3) is 0 Å². The predicted octanol–water partition coefficient (Wildman–Crippen LogP) is 3.33. The van der Waals surface area contributed by atoms with Gasteiger partial charge in [-0.05, 0) is 61.6 Å². The van der Waals surface area contributed by atoms with Gasteiger partial charge in [-0.15, -0.1) is 0 Å². The van der Waals surface area contributed by atoms with Gasteiger partial charge in [-0.3, -0.25) is 9.48 Å². The van der Waals surface area contributed by atoms with Gasteiger partial charge in [-0.1, -0.05) is 41.4 Å². The molecule has 178 valence electrons. The highest BCUT2D eigenvalue weighted by Gasteiger charge is 2.37. The van der Waals surface area contributed by atoms with Gasteiger partial charge in [0.1, 0.15) is 0 Å². The Balaban J connectivity index is 0.00000306. The topological polar surface area (TPSA) is 110 Å². The molecule has 2 heterocycles. The van der Waals surface area contributed by atoms with Gasteiger partial charge in [0.15, 0.2) is 5.15 Å². The molecule has 0 spiro atoms. The molecule has 0 fully saturated rings. The van der Waals surface area contributed by atoms with Crippen LogP contribution < -0.4 is 0 Å². The monoisotopic (exact) mass is 493 g/mol. The van der Waals surface area contributed by atoms with Crippen LogP contribution in [0.3, 0.4) is 0 Å². The summed E-state index contributed by atoms with van der Waals surface area (Å²) in [6, 6.07) is 8.69. The van der Waals surface area contributed by atoms with E-state index < -0.39 is 11.6 Å². The lowest BCUT2D eigenvalue weighted by atomic mass is 9.81. The first-order valence-electron chi connectivity index (χ1n) is 10.6. The van der Waals surface area contributed by atoms with Crippen LogP contribution >= 0.6 is 23.2 Å². The third-order valence-electron chi connectivity index (χ3n) is 6.43. The van der Waals surface area contributed by atoms with Crippen molar-refractivity contribution in [3.63, 3.8) is 0 Å². The van der Waals surface area contributed by atoms with Gasteiger partial charge in [0, 0.05) is 17.5 Å². The van der Waals surface area contributed by atoms with Crippen LogP contribution in [0.1, 0.15) is 49.1 Å². The van der Waals surface area contributed by atoms with Gasteiger partial charge in [0.2, 0.25) is 5.91 Å². The van der Waals surface area contributed by atoms with E-state index in [9.17, 15) is 15.0 Å². The number of nitrogens with zero attached hydrogens (tertiary/aromatic N) is 3. The van der Waals surface area contributed by atoms with E-state index in [-0.39, 0.29) is 30.5 Å². The molecule has 0 saturated heterocycles. The Morgan fingerprint density at radius 3 is 2.58 bits per heavy atom. The second-order valence-corrected chi connectivity index (χ2v) is 9.73. The molecule has 2 aromatic carbocycles. The molecule has 9 heteroatoms. The molecule has 1 amide bonds. The maximum absolute atomic E-state index is 13.6. The van der Waals surface area contributed by atoms with E-state index in [1.165, 1.54) is 0 Å². The maximum Gasteiger partial charge on any atom is 0.227 e. The molecule has 33 heavy (non-hydrogen) atoms. The van der Waals surface area contributed by atoms with E-state index >= 15 is 0 Å². The van der Waals surface area contributed by atoms with Crippen LogP contribution in [-0.4, -0.2) is 48.9 Å². The number of amides is 1. The average molecular weight is 494 g/mol. The third kappa shape index (κ3) is 4.36. The second-order valence-electron chi connectivity index (χ2n) is 8.96. The number of carbonyl (C=O) groups is 1. The zero-order valence-electron chi connectivity index (χ0n) is 19.1. The van der Waals surface area contributed by atoms with Gasteiger partial charge >= 0.3 is 0 Å². The molecule has 1 aliphatic rings. The fourth-order valence-electron chi connectivity index (χ4n) is 4.93. The summed E-state index contributed by atoms with van der Waals surface area (Å²) in [5, 5.41) is 26.5. The Hall–Kier alpha value is -2.16. The number of fused-ring (bicyclic) bond motifs is 2. The number of halogens is 2. The van der Waals surface area contributed by atoms with Crippen LogP contribution in [0.4, 0.5) is 0 Å². The summed E-state index contributed by atoms with van der Waals surface area (Å²) in [4.78, 5) is 15.3. The summed E-state index contributed by atoms with van der Waals surface area (Å²) in [5.41, 5.74) is 3.21. The molecule has 4 N–H and O–H groups in total. The van der Waals surface area contributed by atoms with E-state index in [0.29, 0.717) is 27.5 Å². The van der Waals surface area contributed by atoms with E-state index in [0.717, 1.165) is 22.2 Å². The van der Waals surface area contributed by atoms with Crippen molar-refractivity contribution >= 4 is 40.0 Å². The summed E-state index contributed by atoms with van der Waals surface area (Å²) in [6.07, 6.45) is 0.511. The first-order valence-corrected chi connectivity index (χ1v) is 11.4. The van der Waals surface area contributed by atoms with Crippen molar-refractivity contribution in [2.45, 2.75) is 51.3 Å². The number of rotatable bonds is 4. The molecule has 1 aliphatic heterocycles. The SMILES string of the molecule is C[C@H]1c2cccc(C(C)(C)O)c2C[C@H](CO)N1C(=O)Cc1c(Cl)ccc2c1c(Cl)nn2C.O. The van der Waals surface area contributed by atoms with Crippen molar-refractivity contribution in [2.24, 2.45) is 7.05 Å². The molecule has 0 aliphatic carbocycles. The molecule has 0 unspecified atom stereocenters. The molecule has 0 saturated carbocycles. The predicted molar refractivity (Wildman–Crippen MR) is 130 cm³/mol. The highest BCUT2D eigenvalue weighted by molar-refractivity contribution is 6.37. The molecule has 4 rings (SSSR count). The highest BCUT2D eigenvalue weighted by atomic mass is 35.5. The van der Waals surface area contributed by atoms with Crippen molar-refractivity contribution in [3.05, 3.63) is 62.8 Å². The van der Waals surface area contributed by atoms with E-state index in [4.69, 9.17) is 23.2 Å². The summed E-state index contributed by atoms with van der Waals surface area (Å²) in [5.74, 6) is -0.148. The zero-order chi connectivity index (χ0) is 23.4. The third-order valence-corrected chi connectivity index (χ3v) is 7.04. The van der Waals surface area contributed by atoms with Crippen molar-refractivity contribution in [2.75, 3.05) is 6.61 Å². The van der Waals surface area contributed by atoms with E-state index in [2.05, 4.69) is 5.10 Å². The Morgan fingerprint density at radius 1 is 1.24 bits per heavy atom. The summed E-state index contributed by atoms with van der Waals surface area (Å²) in [7, 11) is 1.79. The Labute approximate surface area is 202 Å². The van der Waals surface area contributed by atoms with Crippen LogP contribution in [0.2, 0.25) is 10.2 Å². The number of aliphatic hydroxyl groups excluding tert-OH is 1. The average Bonchev–Trinajstić information content (AvgIpc) is 3.02. The van der Waals surface area contributed by atoms with Gasteiger partial charge in [-0.25, -0.2) is 0 Å². The number of aryl methyl sites for hydroxylation is 1. The maximum atomic E-state index is 13.6. The fraction of sp³-hybridized carbons (Fsp3) is 0.417. The number of carbonyl (C=O) groups excluding carboxylic acids is 1. The molecule has 3 aromatic rings.